The molecule has 3 nitrogen and oxygen atoms in total. The van der Waals surface area contributed by atoms with E-state index >= 15 is 0 Å². The van der Waals surface area contributed by atoms with Gasteiger partial charge in [-0.2, -0.15) is 0 Å². The molecular weight excluding hydrogens is 187 g/mol. The molecule has 0 rings (SSSR count). The molecule has 0 radical (unpaired) electrons. The quantitative estimate of drug-likeness (QED) is 0.669. The summed E-state index contributed by atoms with van der Waals surface area (Å²) in [5, 5.41) is 17.9. The number of hydrogen-bond acceptors (Lipinski definition) is 2. The van der Waals surface area contributed by atoms with Crippen LogP contribution >= 0.6 is 0 Å². The van der Waals surface area contributed by atoms with Crippen LogP contribution in [-0.2, 0) is 4.79 Å². The van der Waals surface area contributed by atoms with Gasteiger partial charge >= 0.3 is 5.97 Å². The summed E-state index contributed by atoms with van der Waals surface area (Å²) in [4.78, 5) is 10.5. The summed E-state index contributed by atoms with van der Waals surface area (Å²) < 4.78 is 12.7. The Kier molecular flexibility index (Phi) is 6.45. The van der Waals surface area contributed by atoms with Crippen molar-refractivity contribution in [3.05, 3.63) is 0 Å². The van der Waals surface area contributed by atoms with E-state index in [1.54, 1.807) is 6.92 Å². The minimum Gasteiger partial charge on any atom is -0.481 e. The third kappa shape index (κ3) is 5.17. The molecule has 0 aromatic carbocycles. The molecule has 0 aliphatic rings. The van der Waals surface area contributed by atoms with Crippen LogP contribution in [0.5, 0.6) is 0 Å². The molecule has 0 aromatic rings. The van der Waals surface area contributed by atoms with E-state index in [1.807, 2.05) is 0 Å². The summed E-state index contributed by atoms with van der Waals surface area (Å²) in [6, 6.07) is 0. The maximum Gasteiger partial charge on any atom is 0.308 e. The summed E-state index contributed by atoms with van der Waals surface area (Å²) in [7, 11) is 0. The van der Waals surface area contributed by atoms with Gasteiger partial charge in [-0.3, -0.25) is 4.79 Å². The first-order valence-electron chi connectivity index (χ1n) is 5.04. The van der Waals surface area contributed by atoms with Crippen LogP contribution in [0, 0.1) is 5.92 Å². The van der Waals surface area contributed by atoms with Gasteiger partial charge in [-0.15, -0.1) is 0 Å². The monoisotopic (exact) mass is 206 g/mol. The molecule has 0 aliphatic carbocycles. The third-order valence-electron chi connectivity index (χ3n) is 2.43. The van der Waals surface area contributed by atoms with Crippen molar-refractivity contribution < 1.29 is 19.4 Å². The summed E-state index contributed by atoms with van der Waals surface area (Å²) >= 11 is 0. The van der Waals surface area contributed by atoms with Gasteiger partial charge in [0.15, 0.2) is 0 Å². The molecule has 1 unspecified atom stereocenters. The van der Waals surface area contributed by atoms with E-state index in [2.05, 4.69) is 0 Å². The highest BCUT2D eigenvalue weighted by atomic mass is 19.1. The van der Waals surface area contributed by atoms with Gasteiger partial charge in [0.2, 0.25) is 0 Å². The lowest BCUT2D eigenvalue weighted by molar-refractivity contribution is -0.144. The number of carbonyl (C=O) groups is 1. The number of alkyl halides is 1. The second kappa shape index (κ2) is 6.76. The molecule has 0 heterocycles. The summed E-state index contributed by atoms with van der Waals surface area (Å²) in [5.41, 5.74) is 0. The van der Waals surface area contributed by atoms with Gasteiger partial charge in [0, 0.05) is 0 Å². The molecule has 0 saturated heterocycles. The van der Waals surface area contributed by atoms with Gasteiger partial charge < -0.3 is 10.2 Å². The lowest BCUT2D eigenvalue weighted by Gasteiger charge is -2.14. The topological polar surface area (TPSA) is 57.5 Å². The molecule has 0 fully saturated rings. The van der Waals surface area contributed by atoms with Crippen molar-refractivity contribution >= 4 is 5.97 Å². The summed E-state index contributed by atoms with van der Waals surface area (Å²) in [6.07, 6.45) is 0.0745. The number of aliphatic hydroxyl groups is 1. The van der Waals surface area contributed by atoms with Crippen molar-refractivity contribution in [3.8, 4) is 0 Å². The Hall–Kier alpha value is -0.640. The van der Waals surface area contributed by atoms with Crippen LogP contribution in [0.3, 0.4) is 0 Å². The zero-order chi connectivity index (χ0) is 11.1. The van der Waals surface area contributed by atoms with Crippen molar-refractivity contribution in [2.75, 3.05) is 0 Å². The van der Waals surface area contributed by atoms with Crippen molar-refractivity contribution in [1.29, 1.82) is 0 Å². The minimum atomic E-state index is -1.01. The first kappa shape index (κ1) is 13.4. The van der Waals surface area contributed by atoms with Crippen LogP contribution in [0.4, 0.5) is 4.39 Å². The highest BCUT2D eigenvalue weighted by Gasteiger charge is 2.20. The normalized spacial score (nSPS) is 17.4. The number of halogens is 1. The van der Waals surface area contributed by atoms with Crippen LogP contribution < -0.4 is 0 Å². The average molecular weight is 206 g/mol. The number of carboxylic acid groups (broad SMARTS) is 1. The third-order valence-corrected chi connectivity index (χ3v) is 2.43. The number of rotatable bonds is 7. The van der Waals surface area contributed by atoms with E-state index in [-0.39, 0.29) is 0 Å². The van der Waals surface area contributed by atoms with E-state index < -0.39 is 24.2 Å². The van der Waals surface area contributed by atoms with Crippen molar-refractivity contribution in [2.24, 2.45) is 5.92 Å². The highest BCUT2D eigenvalue weighted by Crippen LogP contribution is 2.14. The molecule has 4 heteroatoms. The molecule has 0 spiro atoms. The molecule has 84 valence electrons. The average Bonchev–Trinajstić information content (AvgIpc) is 2.15. The van der Waals surface area contributed by atoms with Gasteiger partial charge in [-0.05, 0) is 32.6 Å². The first-order chi connectivity index (χ1) is 6.49. The van der Waals surface area contributed by atoms with Gasteiger partial charge in [-0.1, -0.05) is 6.92 Å². The Bertz CT molecular complexity index is 173. The number of hydrogen-bond donors (Lipinski definition) is 2. The van der Waals surface area contributed by atoms with Crippen LogP contribution in [0.1, 0.15) is 39.5 Å². The Morgan fingerprint density at radius 2 is 2.00 bits per heavy atom. The van der Waals surface area contributed by atoms with Gasteiger partial charge in [0.1, 0.15) is 0 Å². The van der Waals surface area contributed by atoms with Crippen LogP contribution in [0.25, 0.3) is 0 Å². The molecule has 0 saturated carbocycles. The Balaban J connectivity index is 3.63. The smallest absolute Gasteiger partial charge is 0.308 e. The van der Waals surface area contributed by atoms with Crippen molar-refractivity contribution in [2.45, 2.75) is 51.8 Å². The number of aliphatic hydroxyl groups excluding tert-OH is 1. The molecule has 2 N–H and O–H groups in total. The van der Waals surface area contributed by atoms with Crippen LogP contribution in [-0.4, -0.2) is 28.5 Å². The second-order valence-electron chi connectivity index (χ2n) is 3.63. The largest absolute Gasteiger partial charge is 0.481 e. The lowest BCUT2D eigenvalue weighted by Crippen LogP contribution is -2.25. The second-order valence-corrected chi connectivity index (χ2v) is 3.63. The van der Waals surface area contributed by atoms with Crippen LogP contribution in [0.2, 0.25) is 0 Å². The van der Waals surface area contributed by atoms with Gasteiger partial charge in [-0.25, -0.2) is 4.39 Å². The molecular formula is C10H19FO3. The van der Waals surface area contributed by atoms with E-state index in [9.17, 15) is 14.3 Å². The lowest BCUT2D eigenvalue weighted by atomic mass is 9.99. The van der Waals surface area contributed by atoms with Crippen molar-refractivity contribution in [3.63, 3.8) is 0 Å². The predicted molar refractivity (Wildman–Crippen MR) is 51.8 cm³/mol. The molecule has 0 amide bonds. The molecule has 3 atom stereocenters. The van der Waals surface area contributed by atoms with E-state index in [0.717, 1.165) is 0 Å². The van der Waals surface area contributed by atoms with Crippen molar-refractivity contribution in [1.82, 2.24) is 0 Å². The Labute approximate surface area is 83.9 Å². The minimum absolute atomic E-state index is 0.355. The molecule has 0 bridgehead atoms. The zero-order valence-corrected chi connectivity index (χ0v) is 8.74. The first-order valence-corrected chi connectivity index (χ1v) is 5.04. The van der Waals surface area contributed by atoms with E-state index in [1.165, 1.54) is 6.92 Å². The molecule has 14 heavy (non-hydrogen) atoms. The fourth-order valence-electron chi connectivity index (χ4n) is 1.17. The molecule has 0 aliphatic heterocycles. The van der Waals surface area contributed by atoms with E-state index in [0.29, 0.717) is 25.7 Å². The van der Waals surface area contributed by atoms with Gasteiger partial charge in [0.25, 0.3) is 0 Å². The summed E-state index contributed by atoms with van der Waals surface area (Å²) in [6.45, 7) is 3.22. The fourth-order valence-corrected chi connectivity index (χ4v) is 1.17. The maximum absolute atomic E-state index is 12.7. The fraction of sp³-hybridized carbons (Fsp3) is 0.900. The predicted octanol–water partition coefficient (Wildman–Crippen LogP) is 1.99. The Morgan fingerprint density at radius 1 is 1.43 bits per heavy atom. The van der Waals surface area contributed by atoms with E-state index in [4.69, 9.17) is 5.11 Å². The maximum atomic E-state index is 12.7. The summed E-state index contributed by atoms with van der Waals surface area (Å²) in [5.74, 6) is -1.78. The Morgan fingerprint density at radius 3 is 2.43 bits per heavy atom. The number of carboxylic acids is 1. The standard InChI is InChI=1S/C10H19FO3/c1-3-8(11)5-4-6-9(12)7(2)10(13)14/h7-9,12H,3-6H2,1-2H3,(H,13,14)/t7-,8?,9-/m1/s1. The van der Waals surface area contributed by atoms with Crippen LogP contribution in [0.15, 0.2) is 0 Å². The van der Waals surface area contributed by atoms with Gasteiger partial charge in [0.05, 0.1) is 18.2 Å². The number of aliphatic carboxylic acids is 1. The molecule has 0 aromatic heterocycles. The highest BCUT2D eigenvalue weighted by molar-refractivity contribution is 5.70. The SMILES string of the molecule is CCC(F)CCC[C@@H](O)[C@@H](C)C(=O)O. The zero-order valence-electron chi connectivity index (χ0n) is 8.74.